The lowest BCUT2D eigenvalue weighted by Gasteiger charge is -2.10. The molecule has 0 N–H and O–H groups in total. The first kappa shape index (κ1) is 5.60. The Bertz CT molecular complexity index is 160. The van der Waals surface area contributed by atoms with Crippen LogP contribution in [0.1, 0.15) is 6.42 Å². The van der Waals surface area contributed by atoms with E-state index in [1.165, 1.54) is 6.42 Å². The lowest BCUT2D eigenvalue weighted by Crippen LogP contribution is -2.04. The standard InChI is InChI=1S/C8H10S/c1-2-8-6-3-4-7(5-6)9-8/h2-4,6-8H,1,5H2/t6-,7+,8+/m1/s1. The lowest BCUT2D eigenvalue weighted by atomic mass is 10.1. The molecule has 0 spiro atoms. The summed E-state index contributed by atoms with van der Waals surface area (Å²) in [5.74, 6) is 0.817. The zero-order valence-electron chi connectivity index (χ0n) is 5.29. The molecule has 1 heterocycles. The normalized spacial score (nSPS) is 46.0. The molecule has 2 rings (SSSR count). The van der Waals surface area contributed by atoms with Gasteiger partial charge in [0.25, 0.3) is 0 Å². The summed E-state index contributed by atoms with van der Waals surface area (Å²) in [6.45, 7) is 3.81. The van der Waals surface area contributed by atoms with E-state index in [0.29, 0.717) is 0 Å². The van der Waals surface area contributed by atoms with Crippen molar-refractivity contribution in [3.63, 3.8) is 0 Å². The average molecular weight is 138 g/mol. The van der Waals surface area contributed by atoms with Crippen molar-refractivity contribution in [1.29, 1.82) is 0 Å². The van der Waals surface area contributed by atoms with Gasteiger partial charge in [0.05, 0.1) is 0 Å². The SMILES string of the molecule is C=C[C@@H]1S[C@H]2C=C[C@@H]1C2. The molecule has 1 aliphatic heterocycles. The molecule has 48 valence electrons. The van der Waals surface area contributed by atoms with E-state index in [1.807, 2.05) is 0 Å². The van der Waals surface area contributed by atoms with Crippen LogP contribution in [0.25, 0.3) is 0 Å². The summed E-state index contributed by atoms with van der Waals surface area (Å²) < 4.78 is 0. The zero-order chi connectivity index (χ0) is 6.27. The number of allylic oxidation sites excluding steroid dienone is 1. The van der Waals surface area contributed by atoms with Gasteiger partial charge in [-0.25, -0.2) is 0 Å². The average Bonchev–Trinajstić information content (AvgIpc) is 2.45. The van der Waals surface area contributed by atoms with Gasteiger partial charge in [0.15, 0.2) is 0 Å². The topological polar surface area (TPSA) is 0 Å². The minimum Gasteiger partial charge on any atom is -0.146 e. The molecular weight excluding hydrogens is 128 g/mol. The second kappa shape index (κ2) is 1.91. The lowest BCUT2D eigenvalue weighted by molar-refractivity contribution is 0.699. The van der Waals surface area contributed by atoms with Crippen LogP contribution in [-0.2, 0) is 0 Å². The van der Waals surface area contributed by atoms with Crippen molar-refractivity contribution < 1.29 is 0 Å². The quantitative estimate of drug-likeness (QED) is 0.501. The van der Waals surface area contributed by atoms with E-state index in [0.717, 1.165) is 16.4 Å². The van der Waals surface area contributed by atoms with Gasteiger partial charge in [0.2, 0.25) is 0 Å². The minimum absolute atomic E-state index is 0.722. The Morgan fingerprint density at radius 3 is 2.78 bits per heavy atom. The number of hydrogen-bond donors (Lipinski definition) is 0. The Morgan fingerprint density at radius 2 is 2.44 bits per heavy atom. The molecule has 1 saturated heterocycles. The first-order valence-corrected chi connectivity index (χ1v) is 4.31. The van der Waals surface area contributed by atoms with Gasteiger partial charge in [0.1, 0.15) is 0 Å². The van der Waals surface area contributed by atoms with Crippen molar-refractivity contribution in [2.24, 2.45) is 5.92 Å². The molecule has 0 aromatic rings. The second-order valence-electron chi connectivity index (χ2n) is 2.66. The summed E-state index contributed by atoms with van der Waals surface area (Å²) >= 11 is 2.06. The van der Waals surface area contributed by atoms with E-state index in [2.05, 4.69) is 36.6 Å². The van der Waals surface area contributed by atoms with Crippen molar-refractivity contribution in [2.75, 3.05) is 0 Å². The highest BCUT2D eigenvalue weighted by molar-refractivity contribution is 8.01. The highest BCUT2D eigenvalue weighted by atomic mass is 32.2. The molecule has 2 bridgehead atoms. The summed E-state index contributed by atoms with van der Waals surface area (Å²) in [7, 11) is 0. The molecule has 3 atom stereocenters. The van der Waals surface area contributed by atoms with Gasteiger partial charge in [-0.15, -0.1) is 18.3 Å². The number of rotatable bonds is 1. The molecule has 1 heteroatoms. The maximum absolute atomic E-state index is 3.81. The van der Waals surface area contributed by atoms with E-state index in [-0.39, 0.29) is 0 Å². The molecule has 0 radical (unpaired) electrons. The van der Waals surface area contributed by atoms with Crippen LogP contribution in [-0.4, -0.2) is 10.5 Å². The van der Waals surface area contributed by atoms with Gasteiger partial charge in [0, 0.05) is 10.5 Å². The van der Waals surface area contributed by atoms with E-state index in [9.17, 15) is 0 Å². The highest BCUT2D eigenvalue weighted by Crippen LogP contribution is 2.44. The molecule has 2 aliphatic rings. The molecule has 0 saturated carbocycles. The Morgan fingerprint density at radius 1 is 1.56 bits per heavy atom. The van der Waals surface area contributed by atoms with Crippen molar-refractivity contribution in [1.82, 2.24) is 0 Å². The van der Waals surface area contributed by atoms with Crippen LogP contribution in [0.4, 0.5) is 0 Å². The number of thioether (sulfide) groups is 1. The Kier molecular flexibility index (Phi) is 1.19. The van der Waals surface area contributed by atoms with Crippen LogP contribution < -0.4 is 0 Å². The maximum Gasteiger partial charge on any atom is 0.0293 e. The smallest absolute Gasteiger partial charge is 0.0293 e. The van der Waals surface area contributed by atoms with Crippen LogP contribution in [0.3, 0.4) is 0 Å². The van der Waals surface area contributed by atoms with Gasteiger partial charge in [-0.1, -0.05) is 18.2 Å². The largest absolute Gasteiger partial charge is 0.146 e. The van der Waals surface area contributed by atoms with Gasteiger partial charge in [-0.2, -0.15) is 0 Å². The molecule has 0 amide bonds. The molecule has 1 aliphatic carbocycles. The molecule has 9 heavy (non-hydrogen) atoms. The maximum atomic E-state index is 3.81. The fourth-order valence-corrected chi connectivity index (χ4v) is 3.00. The van der Waals surface area contributed by atoms with Crippen molar-refractivity contribution >= 4 is 11.8 Å². The minimum atomic E-state index is 0.722. The van der Waals surface area contributed by atoms with Gasteiger partial charge in [-0.3, -0.25) is 0 Å². The number of fused-ring (bicyclic) bond motifs is 2. The van der Waals surface area contributed by atoms with Gasteiger partial charge < -0.3 is 0 Å². The summed E-state index contributed by atoms with van der Waals surface area (Å²) in [6, 6.07) is 0. The Labute approximate surface area is 60.0 Å². The molecule has 0 aromatic heterocycles. The summed E-state index contributed by atoms with van der Waals surface area (Å²) in [5.41, 5.74) is 0. The number of hydrogen-bond acceptors (Lipinski definition) is 1. The fraction of sp³-hybridized carbons (Fsp3) is 0.500. The zero-order valence-corrected chi connectivity index (χ0v) is 6.10. The molecule has 0 unspecified atom stereocenters. The summed E-state index contributed by atoms with van der Waals surface area (Å²) in [4.78, 5) is 0. The first-order chi connectivity index (χ1) is 4.40. The first-order valence-electron chi connectivity index (χ1n) is 3.36. The van der Waals surface area contributed by atoms with Crippen LogP contribution in [0.5, 0.6) is 0 Å². The van der Waals surface area contributed by atoms with Gasteiger partial charge in [-0.05, 0) is 12.3 Å². The molecule has 0 nitrogen and oxygen atoms in total. The van der Waals surface area contributed by atoms with E-state index in [1.54, 1.807) is 0 Å². The Balaban J connectivity index is 2.19. The van der Waals surface area contributed by atoms with Gasteiger partial charge >= 0.3 is 0 Å². The Hall–Kier alpha value is -0.170. The fourth-order valence-electron chi connectivity index (χ4n) is 1.57. The van der Waals surface area contributed by atoms with Crippen molar-refractivity contribution in [2.45, 2.75) is 16.9 Å². The predicted octanol–water partition coefficient (Wildman–Crippen LogP) is 2.23. The van der Waals surface area contributed by atoms with E-state index >= 15 is 0 Å². The molecular formula is C8H10S. The third-order valence-electron chi connectivity index (χ3n) is 2.06. The third kappa shape index (κ3) is 0.751. The van der Waals surface area contributed by atoms with Crippen molar-refractivity contribution in [3.8, 4) is 0 Å². The predicted molar refractivity (Wildman–Crippen MR) is 42.6 cm³/mol. The second-order valence-corrected chi connectivity index (χ2v) is 4.08. The van der Waals surface area contributed by atoms with Crippen molar-refractivity contribution in [3.05, 3.63) is 24.8 Å². The highest BCUT2D eigenvalue weighted by Gasteiger charge is 2.34. The van der Waals surface area contributed by atoms with Crippen LogP contribution in [0, 0.1) is 5.92 Å². The van der Waals surface area contributed by atoms with E-state index < -0.39 is 0 Å². The van der Waals surface area contributed by atoms with Crippen LogP contribution in [0.2, 0.25) is 0 Å². The molecule has 0 aromatic carbocycles. The summed E-state index contributed by atoms with van der Waals surface area (Å²) in [5, 5.41) is 1.54. The van der Waals surface area contributed by atoms with Crippen LogP contribution >= 0.6 is 11.8 Å². The molecule has 1 fully saturated rings. The monoisotopic (exact) mass is 138 g/mol. The third-order valence-corrected chi connectivity index (χ3v) is 3.62. The summed E-state index contributed by atoms with van der Waals surface area (Å²) in [6.07, 6.45) is 8.11. The van der Waals surface area contributed by atoms with E-state index in [4.69, 9.17) is 0 Å². The van der Waals surface area contributed by atoms with Crippen LogP contribution in [0.15, 0.2) is 24.8 Å².